The lowest BCUT2D eigenvalue weighted by Crippen LogP contribution is -2.16. The molecule has 0 heterocycles. The molecule has 0 amide bonds. The number of rotatable bonds is 5. The number of carbonyl (C=O) groups excluding carboxylic acids is 1. The zero-order valence-corrected chi connectivity index (χ0v) is 11.3. The van der Waals surface area contributed by atoms with E-state index in [2.05, 4.69) is 6.58 Å². The summed E-state index contributed by atoms with van der Waals surface area (Å²) in [5.41, 5.74) is 0.534. The Morgan fingerprint density at radius 3 is 2.72 bits per heavy atom. The zero-order chi connectivity index (χ0) is 13.7. The minimum absolute atomic E-state index is 0.0120. The molecule has 98 valence electrons. The standard InChI is InChI=1S/C14H17ClO3/c1-9(2)8-18-14(17)10(3)13(16)11-5-4-6-12(15)7-11/h4-7,9,13,16H,3,8H2,1-2H3. The van der Waals surface area contributed by atoms with Crippen LogP contribution in [0.2, 0.25) is 5.02 Å². The van der Waals surface area contributed by atoms with Crippen LogP contribution in [0.3, 0.4) is 0 Å². The maximum atomic E-state index is 11.6. The van der Waals surface area contributed by atoms with Gasteiger partial charge in [0.25, 0.3) is 0 Å². The number of benzene rings is 1. The monoisotopic (exact) mass is 268 g/mol. The van der Waals surface area contributed by atoms with Crippen molar-refractivity contribution in [3.8, 4) is 0 Å². The van der Waals surface area contributed by atoms with Gasteiger partial charge in [-0.2, -0.15) is 0 Å². The topological polar surface area (TPSA) is 46.5 Å². The molecule has 1 rings (SSSR count). The first-order valence-corrected chi connectivity index (χ1v) is 6.09. The number of aliphatic hydroxyl groups excluding tert-OH is 1. The molecule has 0 aliphatic heterocycles. The lowest BCUT2D eigenvalue weighted by molar-refractivity contribution is -0.141. The number of esters is 1. The molecule has 1 atom stereocenters. The van der Waals surface area contributed by atoms with Gasteiger partial charge in [0, 0.05) is 5.02 Å². The van der Waals surface area contributed by atoms with Crippen molar-refractivity contribution in [1.29, 1.82) is 0 Å². The van der Waals surface area contributed by atoms with Crippen LogP contribution < -0.4 is 0 Å². The fraction of sp³-hybridized carbons (Fsp3) is 0.357. The lowest BCUT2D eigenvalue weighted by Gasteiger charge is -2.14. The molecule has 0 saturated carbocycles. The van der Waals surface area contributed by atoms with Crippen molar-refractivity contribution in [3.63, 3.8) is 0 Å². The molecule has 1 unspecified atom stereocenters. The third-order valence-electron chi connectivity index (χ3n) is 2.30. The predicted molar refractivity (Wildman–Crippen MR) is 71.3 cm³/mol. The molecule has 1 N–H and O–H groups in total. The van der Waals surface area contributed by atoms with Gasteiger partial charge in [-0.15, -0.1) is 0 Å². The average Bonchev–Trinajstić information content (AvgIpc) is 2.34. The number of ether oxygens (including phenoxy) is 1. The summed E-state index contributed by atoms with van der Waals surface area (Å²) in [5.74, 6) is -0.346. The summed E-state index contributed by atoms with van der Waals surface area (Å²) >= 11 is 5.82. The minimum Gasteiger partial charge on any atom is -0.462 e. The highest BCUT2D eigenvalue weighted by molar-refractivity contribution is 6.30. The minimum atomic E-state index is -1.09. The van der Waals surface area contributed by atoms with Crippen LogP contribution in [0.25, 0.3) is 0 Å². The summed E-state index contributed by atoms with van der Waals surface area (Å²) < 4.78 is 5.01. The molecular formula is C14H17ClO3. The first kappa shape index (κ1) is 14.7. The normalized spacial score (nSPS) is 12.3. The van der Waals surface area contributed by atoms with Gasteiger partial charge < -0.3 is 9.84 Å². The highest BCUT2D eigenvalue weighted by atomic mass is 35.5. The number of halogens is 1. The van der Waals surface area contributed by atoms with Crippen molar-refractivity contribution in [2.75, 3.05) is 6.61 Å². The molecule has 0 aliphatic rings. The summed E-state index contributed by atoms with van der Waals surface area (Å²) in [6.45, 7) is 7.74. The second kappa shape index (κ2) is 6.57. The lowest BCUT2D eigenvalue weighted by atomic mass is 10.0. The van der Waals surface area contributed by atoms with E-state index in [1.807, 2.05) is 13.8 Å². The van der Waals surface area contributed by atoms with E-state index < -0.39 is 12.1 Å². The number of aliphatic hydroxyl groups is 1. The van der Waals surface area contributed by atoms with Crippen molar-refractivity contribution in [3.05, 3.63) is 47.0 Å². The van der Waals surface area contributed by atoms with E-state index in [9.17, 15) is 9.90 Å². The first-order chi connectivity index (χ1) is 8.41. The molecule has 1 aromatic rings. The summed E-state index contributed by atoms with van der Waals surface area (Å²) in [5, 5.41) is 10.5. The largest absolute Gasteiger partial charge is 0.462 e. The van der Waals surface area contributed by atoms with Crippen LogP contribution >= 0.6 is 11.6 Å². The van der Waals surface area contributed by atoms with Crippen molar-refractivity contribution in [2.24, 2.45) is 5.92 Å². The molecule has 0 spiro atoms. The highest BCUT2D eigenvalue weighted by Crippen LogP contribution is 2.23. The van der Waals surface area contributed by atoms with Crippen LogP contribution in [0.5, 0.6) is 0 Å². The van der Waals surface area contributed by atoms with Crippen LogP contribution in [0.15, 0.2) is 36.4 Å². The van der Waals surface area contributed by atoms with Gasteiger partial charge in [-0.1, -0.05) is 44.2 Å². The maximum Gasteiger partial charge on any atom is 0.336 e. The third-order valence-corrected chi connectivity index (χ3v) is 2.54. The second-order valence-electron chi connectivity index (χ2n) is 4.48. The van der Waals surface area contributed by atoms with Crippen LogP contribution in [0, 0.1) is 5.92 Å². The Morgan fingerprint density at radius 2 is 2.17 bits per heavy atom. The summed E-state index contributed by atoms with van der Waals surface area (Å²) in [6.07, 6.45) is -1.09. The molecule has 4 heteroatoms. The van der Waals surface area contributed by atoms with Gasteiger partial charge in [0.05, 0.1) is 12.2 Å². The predicted octanol–water partition coefficient (Wildman–Crippen LogP) is 3.13. The van der Waals surface area contributed by atoms with E-state index in [4.69, 9.17) is 16.3 Å². The van der Waals surface area contributed by atoms with Gasteiger partial charge in [-0.05, 0) is 23.6 Å². The van der Waals surface area contributed by atoms with Crippen molar-refractivity contribution in [1.82, 2.24) is 0 Å². The molecule has 0 saturated heterocycles. The first-order valence-electron chi connectivity index (χ1n) is 5.71. The summed E-state index contributed by atoms with van der Waals surface area (Å²) in [7, 11) is 0. The van der Waals surface area contributed by atoms with E-state index in [0.717, 1.165) is 0 Å². The van der Waals surface area contributed by atoms with Crippen molar-refractivity contribution in [2.45, 2.75) is 20.0 Å². The van der Waals surface area contributed by atoms with E-state index in [-0.39, 0.29) is 11.5 Å². The van der Waals surface area contributed by atoms with E-state index in [1.54, 1.807) is 24.3 Å². The van der Waals surface area contributed by atoms with Gasteiger partial charge in [-0.25, -0.2) is 4.79 Å². The van der Waals surface area contributed by atoms with E-state index >= 15 is 0 Å². The van der Waals surface area contributed by atoms with Gasteiger partial charge in [0.15, 0.2) is 0 Å². The molecule has 0 radical (unpaired) electrons. The maximum absolute atomic E-state index is 11.6. The third kappa shape index (κ3) is 4.17. The van der Waals surface area contributed by atoms with Crippen molar-refractivity contribution >= 4 is 17.6 Å². The van der Waals surface area contributed by atoms with Gasteiger partial charge in [0.1, 0.15) is 6.10 Å². The molecule has 0 aliphatic carbocycles. The Labute approximate surface area is 112 Å². The fourth-order valence-corrected chi connectivity index (χ4v) is 1.52. The van der Waals surface area contributed by atoms with Crippen LogP contribution in [0.1, 0.15) is 25.5 Å². The number of hydrogen-bond donors (Lipinski definition) is 1. The molecule has 18 heavy (non-hydrogen) atoms. The molecule has 0 bridgehead atoms. The average molecular weight is 269 g/mol. The molecule has 0 fully saturated rings. The quantitative estimate of drug-likeness (QED) is 0.659. The van der Waals surface area contributed by atoms with E-state index in [1.165, 1.54) is 0 Å². The Balaban J connectivity index is 2.69. The molecule has 1 aromatic carbocycles. The Morgan fingerprint density at radius 1 is 1.50 bits per heavy atom. The van der Waals surface area contributed by atoms with Gasteiger partial charge in [0.2, 0.25) is 0 Å². The zero-order valence-electron chi connectivity index (χ0n) is 10.5. The van der Waals surface area contributed by atoms with Gasteiger partial charge >= 0.3 is 5.97 Å². The number of hydrogen-bond acceptors (Lipinski definition) is 3. The Kier molecular flexibility index (Phi) is 5.38. The molecular weight excluding hydrogens is 252 g/mol. The van der Waals surface area contributed by atoms with Crippen molar-refractivity contribution < 1.29 is 14.6 Å². The highest BCUT2D eigenvalue weighted by Gasteiger charge is 2.20. The Hall–Kier alpha value is -1.32. The summed E-state index contributed by atoms with van der Waals surface area (Å²) in [4.78, 5) is 11.6. The fourth-order valence-electron chi connectivity index (χ4n) is 1.32. The van der Waals surface area contributed by atoms with Gasteiger partial charge in [-0.3, -0.25) is 0 Å². The van der Waals surface area contributed by atoms with Crippen LogP contribution in [-0.4, -0.2) is 17.7 Å². The number of carbonyl (C=O) groups is 1. The summed E-state index contributed by atoms with van der Waals surface area (Å²) in [6, 6.07) is 6.66. The molecule has 0 aromatic heterocycles. The smallest absolute Gasteiger partial charge is 0.336 e. The van der Waals surface area contributed by atoms with Crippen LogP contribution in [0.4, 0.5) is 0 Å². The molecule has 3 nitrogen and oxygen atoms in total. The van der Waals surface area contributed by atoms with E-state index in [0.29, 0.717) is 17.2 Å². The SMILES string of the molecule is C=C(C(=O)OCC(C)C)C(O)c1cccc(Cl)c1. The Bertz CT molecular complexity index is 440. The van der Waals surface area contributed by atoms with Crippen LogP contribution in [-0.2, 0) is 9.53 Å². The second-order valence-corrected chi connectivity index (χ2v) is 4.91.